The summed E-state index contributed by atoms with van der Waals surface area (Å²) in [5.74, 6) is -2.03. The third-order valence-electron chi connectivity index (χ3n) is 5.55. The molecule has 2 aromatic carbocycles. The zero-order valence-electron chi connectivity index (χ0n) is 15.9. The Balaban J connectivity index is 1.63. The van der Waals surface area contributed by atoms with Crippen LogP contribution in [-0.4, -0.2) is 25.0 Å². The molecular weight excluding hydrogens is 424 g/mol. The molecule has 0 aliphatic heterocycles. The smallest absolute Gasteiger partial charge is 0.325 e. The zero-order valence-corrected chi connectivity index (χ0v) is 17.5. The van der Waals surface area contributed by atoms with E-state index in [0.29, 0.717) is 10.6 Å². The Labute approximate surface area is 177 Å². The average molecular weight is 444 g/mol. The lowest BCUT2D eigenvalue weighted by atomic mass is 10.1. The topological polar surface area (TPSA) is 115 Å². The van der Waals surface area contributed by atoms with Crippen LogP contribution < -0.4 is 9.90 Å². The summed E-state index contributed by atoms with van der Waals surface area (Å²) in [7, 11) is -4.05. The minimum atomic E-state index is -4.05. The third kappa shape index (κ3) is 3.34. The van der Waals surface area contributed by atoms with E-state index in [9.17, 15) is 23.2 Å². The van der Waals surface area contributed by atoms with Gasteiger partial charge in [0, 0.05) is 33.0 Å². The first-order valence-electron chi connectivity index (χ1n) is 9.20. The van der Waals surface area contributed by atoms with Gasteiger partial charge in [0.1, 0.15) is 9.75 Å². The zero-order chi connectivity index (χ0) is 21.5. The Morgan fingerprint density at radius 1 is 1.07 bits per heavy atom. The van der Waals surface area contributed by atoms with Crippen molar-refractivity contribution in [1.82, 2.24) is 4.72 Å². The molecule has 1 aromatic heterocycles. The highest BCUT2D eigenvalue weighted by Crippen LogP contribution is 2.58. The maximum Gasteiger partial charge on any atom is 0.325 e. The first-order chi connectivity index (χ1) is 14.3. The quantitative estimate of drug-likeness (QED) is 0.519. The van der Waals surface area contributed by atoms with Crippen molar-refractivity contribution in [2.24, 2.45) is 5.92 Å². The number of hydrogen-bond acceptors (Lipinski definition) is 5. The van der Waals surface area contributed by atoms with Gasteiger partial charge in [-0.25, -0.2) is 8.42 Å². The van der Waals surface area contributed by atoms with E-state index in [4.69, 9.17) is 0 Å². The van der Waals surface area contributed by atoms with Crippen molar-refractivity contribution in [3.05, 3.63) is 77.2 Å². The molecule has 1 fully saturated rings. The molecule has 0 spiro atoms. The molecule has 1 aliphatic rings. The minimum absolute atomic E-state index is 0.0371. The van der Waals surface area contributed by atoms with E-state index in [-0.39, 0.29) is 4.21 Å². The van der Waals surface area contributed by atoms with Gasteiger partial charge in [-0.15, -0.1) is 11.3 Å². The highest BCUT2D eigenvalue weighted by molar-refractivity contribution is 7.91. The summed E-state index contributed by atoms with van der Waals surface area (Å²) in [4.78, 5) is 23.5. The monoisotopic (exact) mass is 443 g/mol. The lowest BCUT2D eigenvalue weighted by molar-refractivity contribution is -0.379. The van der Waals surface area contributed by atoms with Crippen LogP contribution in [0.25, 0.3) is 10.4 Å². The molecule has 0 saturated heterocycles. The molecule has 3 N–H and O–H groups in total. The van der Waals surface area contributed by atoms with Crippen molar-refractivity contribution in [1.29, 1.82) is 0 Å². The van der Waals surface area contributed by atoms with Gasteiger partial charge in [-0.2, -0.15) is 4.72 Å². The Kier molecular flexibility index (Phi) is 5.05. The second kappa shape index (κ2) is 7.42. The van der Waals surface area contributed by atoms with E-state index in [1.807, 2.05) is 18.2 Å². The summed E-state index contributed by atoms with van der Waals surface area (Å²) < 4.78 is 28.6. The number of carboxylic acids is 1. The molecule has 7 nitrogen and oxygen atoms in total. The molecule has 1 saturated carbocycles. The molecule has 4 rings (SSSR count). The molecule has 3 atom stereocenters. The number of sulfonamides is 1. The van der Waals surface area contributed by atoms with E-state index >= 15 is 0 Å². The van der Waals surface area contributed by atoms with Gasteiger partial charge in [0.15, 0.2) is 0 Å². The van der Waals surface area contributed by atoms with Gasteiger partial charge < -0.3 is 5.11 Å². The molecule has 0 radical (unpaired) electrons. The first kappa shape index (κ1) is 20.4. The van der Waals surface area contributed by atoms with Crippen LogP contribution in [0, 0.1) is 10.8 Å². The third-order valence-corrected chi connectivity index (χ3v) is 8.66. The summed E-state index contributed by atoms with van der Waals surface area (Å²) in [6.45, 7) is 1.74. The SMILES string of the molecule is C[C@H]1[C@H](c2ccccc2)[C@]1(NS(=O)(=O)c1ccc(-c2ccc([NH+]=O)cc2)s1)C(=O)O. The van der Waals surface area contributed by atoms with E-state index in [1.165, 1.54) is 6.07 Å². The molecule has 0 unspecified atom stereocenters. The number of carboxylic acid groups (broad SMARTS) is 1. The van der Waals surface area contributed by atoms with Gasteiger partial charge in [0.2, 0.25) is 0 Å². The van der Waals surface area contributed by atoms with Gasteiger partial charge in [-0.1, -0.05) is 37.3 Å². The van der Waals surface area contributed by atoms with Crippen molar-refractivity contribution in [2.75, 3.05) is 0 Å². The number of thiophene rings is 1. The van der Waals surface area contributed by atoms with Crippen LogP contribution in [0.1, 0.15) is 18.4 Å². The predicted octanol–water partition coefficient (Wildman–Crippen LogP) is 2.43. The summed E-state index contributed by atoms with van der Waals surface area (Å²) in [5, 5.41) is 11.7. The lowest BCUT2D eigenvalue weighted by Gasteiger charge is -2.15. The summed E-state index contributed by atoms with van der Waals surface area (Å²) in [6.07, 6.45) is 0. The van der Waals surface area contributed by atoms with E-state index < -0.39 is 33.4 Å². The van der Waals surface area contributed by atoms with Gasteiger partial charge in [0.25, 0.3) is 15.7 Å². The van der Waals surface area contributed by atoms with E-state index in [1.54, 1.807) is 54.6 Å². The van der Waals surface area contributed by atoms with E-state index in [0.717, 1.165) is 22.5 Å². The molecule has 1 aliphatic carbocycles. The largest absolute Gasteiger partial charge is 0.480 e. The number of rotatable bonds is 7. The van der Waals surface area contributed by atoms with Crippen LogP contribution in [0.4, 0.5) is 5.69 Å². The fraction of sp³-hybridized carbons (Fsp3) is 0.190. The molecule has 3 aromatic rings. The van der Waals surface area contributed by atoms with Gasteiger partial charge in [0.05, 0.1) is 0 Å². The number of benzene rings is 2. The van der Waals surface area contributed by atoms with Crippen LogP contribution in [-0.2, 0) is 14.8 Å². The normalized spacial score (nSPS) is 23.1. The summed E-state index contributed by atoms with van der Waals surface area (Å²) in [5.41, 5.74) is 0.374. The fourth-order valence-corrected chi connectivity index (χ4v) is 6.66. The average Bonchev–Trinajstić information content (AvgIpc) is 3.09. The van der Waals surface area contributed by atoms with Crippen molar-refractivity contribution in [3.63, 3.8) is 0 Å². The number of carbonyl (C=O) groups is 1. The second-order valence-electron chi connectivity index (χ2n) is 7.25. The minimum Gasteiger partial charge on any atom is -0.480 e. The first-order valence-corrected chi connectivity index (χ1v) is 11.5. The molecule has 30 heavy (non-hydrogen) atoms. The molecular formula is C21H19N2O5S2+. The standard InChI is InChI=1S/C21H18N2O5S2/c1-13-19(15-5-3-2-4-6-15)21(13,20(24)25)23-30(27,28)18-12-11-17(29-18)14-7-9-16(22-26)10-8-14/h2-13,19,23H,1H3,(H,24,25)/p+1/t13-,19+,21-/m0/s1. The second-order valence-corrected chi connectivity index (χ2v) is 10.2. The van der Waals surface area contributed by atoms with Gasteiger partial charge in [-0.05, 0) is 41.3 Å². The Morgan fingerprint density at radius 3 is 2.33 bits per heavy atom. The molecule has 154 valence electrons. The van der Waals surface area contributed by atoms with Crippen LogP contribution >= 0.6 is 11.3 Å². The molecule has 0 bridgehead atoms. The highest BCUT2D eigenvalue weighted by Gasteiger charge is 2.70. The van der Waals surface area contributed by atoms with Crippen molar-refractivity contribution >= 4 is 33.0 Å². The van der Waals surface area contributed by atoms with E-state index in [2.05, 4.69) is 4.72 Å². The van der Waals surface area contributed by atoms with Crippen LogP contribution in [0.15, 0.2) is 70.9 Å². The lowest BCUT2D eigenvalue weighted by Crippen LogP contribution is -2.55. The maximum atomic E-state index is 13.0. The highest BCUT2D eigenvalue weighted by atomic mass is 32.2. The number of aliphatic carboxylic acids is 1. The van der Waals surface area contributed by atoms with Gasteiger partial charge in [-0.3, -0.25) is 4.79 Å². The van der Waals surface area contributed by atoms with Crippen molar-refractivity contribution in [2.45, 2.75) is 22.6 Å². The Bertz CT molecular complexity index is 1210. The maximum absolute atomic E-state index is 13.0. The van der Waals surface area contributed by atoms with Crippen molar-refractivity contribution < 1.29 is 23.5 Å². The molecule has 9 heteroatoms. The molecule has 1 heterocycles. The fourth-order valence-electron chi connectivity index (χ4n) is 3.90. The predicted molar refractivity (Wildman–Crippen MR) is 113 cm³/mol. The van der Waals surface area contributed by atoms with Gasteiger partial charge >= 0.3 is 5.97 Å². The van der Waals surface area contributed by atoms with Crippen molar-refractivity contribution in [3.8, 4) is 10.4 Å². The number of nitroso groups, excluding NO2 is 1. The Hall–Kier alpha value is -2.88. The van der Waals surface area contributed by atoms with Crippen LogP contribution in [0.2, 0.25) is 0 Å². The molecule has 0 amide bonds. The number of nitrogens with one attached hydrogen (secondary N) is 2. The summed E-state index contributed by atoms with van der Waals surface area (Å²) in [6, 6.07) is 18.8. The summed E-state index contributed by atoms with van der Waals surface area (Å²) >= 11 is 1.04. The van der Waals surface area contributed by atoms with Crippen LogP contribution in [0.5, 0.6) is 0 Å². The Morgan fingerprint density at radius 2 is 1.73 bits per heavy atom. The van der Waals surface area contributed by atoms with Crippen LogP contribution in [0.3, 0.4) is 0 Å². The number of hydrogen-bond donors (Lipinski definition) is 3.